The zero-order valence-corrected chi connectivity index (χ0v) is 14.3. The lowest BCUT2D eigenvalue weighted by Gasteiger charge is -2.19. The van der Waals surface area contributed by atoms with E-state index in [0.717, 1.165) is 11.3 Å². The van der Waals surface area contributed by atoms with Crippen LogP contribution in [0.2, 0.25) is 0 Å². The van der Waals surface area contributed by atoms with Crippen molar-refractivity contribution in [3.05, 3.63) is 59.4 Å². The lowest BCUT2D eigenvalue weighted by atomic mass is 10.0. The Morgan fingerprint density at radius 2 is 1.88 bits per heavy atom. The Balaban J connectivity index is 1.72. The van der Waals surface area contributed by atoms with E-state index in [1.54, 1.807) is 23.1 Å². The van der Waals surface area contributed by atoms with E-state index in [4.69, 9.17) is 0 Å². The van der Waals surface area contributed by atoms with E-state index < -0.39 is 17.6 Å². The van der Waals surface area contributed by atoms with Gasteiger partial charge in [-0.3, -0.25) is 9.59 Å². The molecule has 6 heteroatoms. The first-order valence-electron chi connectivity index (χ1n) is 8.35. The molecule has 1 amide bonds. The summed E-state index contributed by atoms with van der Waals surface area (Å²) in [6, 6.07) is 8.15. The van der Waals surface area contributed by atoms with Crippen molar-refractivity contribution >= 4 is 11.7 Å². The van der Waals surface area contributed by atoms with Gasteiger partial charge in [0.15, 0.2) is 0 Å². The topological polar surface area (TPSA) is 63.2 Å². The summed E-state index contributed by atoms with van der Waals surface area (Å²) in [4.78, 5) is 34.3. The van der Waals surface area contributed by atoms with Gasteiger partial charge in [0.1, 0.15) is 12.1 Å². The standard InChI is InChI=1S/C19H20FN3O2/c1-12(2)23-10-16(18(24)19(23)25)17-9-15(21-11-22-17)8-5-13-3-6-14(20)7-4-13/h3-4,6-7,9,11-12,16H,5,8,10H2,1-2H3. The van der Waals surface area contributed by atoms with E-state index in [2.05, 4.69) is 9.97 Å². The summed E-state index contributed by atoms with van der Waals surface area (Å²) >= 11 is 0. The average Bonchev–Trinajstić information content (AvgIpc) is 2.90. The molecule has 0 N–H and O–H groups in total. The Labute approximate surface area is 145 Å². The molecule has 2 heterocycles. The molecule has 130 valence electrons. The van der Waals surface area contributed by atoms with Gasteiger partial charge in [-0.05, 0) is 50.5 Å². The predicted octanol–water partition coefficient (Wildman–Crippen LogP) is 2.30. The second-order valence-corrected chi connectivity index (χ2v) is 6.53. The molecule has 1 aliphatic heterocycles. The summed E-state index contributed by atoms with van der Waals surface area (Å²) in [6.45, 7) is 4.15. The minimum Gasteiger partial charge on any atom is -0.333 e. The number of hydrogen-bond acceptors (Lipinski definition) is 4. The molecule has 3 rings (SSSR count). The number of nitrogens with zero attached hydrogens (tertiary/aromatic N) is 3. The van der Waals surface area contributed by atoms with E-state index >= 15 is 0 Å². The summed E-state index contributed by atoms with van der Waals surface area (Å²) in [7, 11) is 0. The van der Waals surface area contributed by atoms with Crippen molar-refractivity contribution in [3.63, 3.8) is 0 Å². The van der Waals surface area contributed by atoms with Gasteiger partial charge in [0.2, 0.25) is 5.78 Å². The number of benzene rings is 1. The highest BCUT2D eigenvalue weighted by molar-refractivity contribution is 6.40. The third-order valence-electron chi connectivity index (χ3n) is 4.48. The normalized spacial score (nSPS) is 17.6. The van der Waals surface area contributed by atoms with Gasteiger partial charge in [-0.2, -0.15) is 0 Å². The Bertz CT molecular complexity index is 790. The molecule has 0 bridgehead atoms. The molecule has 1 aliphatic rings. The van der Waals surface area contributed by atoms with Gasteiger partial charge < -0.3 is 4.90 Å². The second-order valence-electron chi connectivity index (χ2n) is 6.53. The molecule has 1 fully saturated rings. The van der Waals surface area contributed by atoms with Crippen LogP contribution in [0.15, 0.2) is 36.7 Å². The minimum absolute atomic E-state index is 0.0127. The van der Waals surface area contributed by atoms with Crippen molar-refractivity contribution in [2.24, 2.45) is 0 Å². The maximum atomic E-state index is 12.9. The van der Waals surface area contributed by atoms with Crippen LogP contribution in [-0.4, -0.2) is 39.1 Å². The van der Waals surface area contributed by atoms with Crippen LogP contribution in [0.1, 0.15) is 36.7 Å². The monoisotopic (exact) mass is 341 g/mol. The molecule has 1 unspecified atom stereocenters. The maximum absolute atomic E-state index is 12.9. The Morgan fingerprint density at radius 3 is 2.52 bits per heavy atom. The molecule has 1 aromatic carbocycles. The van der Waals surface area contributed by atoms with Gasteiger partial charge >= 0.3 is 0 Å². The summed E-state index contributed by atoms with van der Waals surface area (Å²) in [5.74, 6) is -1.63. The number of aryl methyl sites for hydroxylation is 2. The molecule has 1 saturated heterocycles. The van der Waals surface area contributed by atoms with Crippen molar-refractivity contribution in [2.75, 3.05) is 6.54 Å². The molecular formula is C19H20FN3O2. The van der Waals surface area contributed by atoms with Crippen molar-refractivity contribution in [1.29, 1.82) is 0 Å². The van der Waals surface area contributed by atoms with Crippen molar-refractivity contribution in [3.8, 4) is 0 Å². The van der Waals surface area contributed by atoms with E-state index in [9.17, 15) is 14.0 Å². The van der Waals surface area contributed by atoms with Gasteiger partial charge in [-0.15, -0.1) is 0 Å². The molecule has 1 aromatic heterocycles. The van der Waals surface area contributed by atoms with Crippen LogP contribution in [-0.2, 0) is 22.4 Å². The summed E-state index contributed by atoms with van der Waals surface area (Å²) in [5, 5.41) is 0. The molecule has 25 heavy (non-hydrogen) atoms. The minimum atomic E-state index is -0.525. The highest BCUT2D eigenvalue weighted by Crippen LogP contribution is 2.25. The van der Waals surface area contributed by atoms with E-state index in [0.29, 0.717) is 25.1 Å². The summed E-state index contributed by atoms with van der Waals surface area (Å²) < 4.78 is 12.9. The maximum Gasteiger partial charge on any atom is 0.290 e. The molecule has 0 radical (unpaired) electrons. The van der Waals surface area contributed by atoms with Crippen LogP contribution >= 0.6 is 0 Å². The molecule has 0 aliphatic carbocycles. The van der Waals surface area contributed by atoms with Crippen molar-refractivity contribution in [2.45, 2.75) is 38.6 Å². The smallest absolute Gasteiger partial charge is 0.290 e. The number of aromatic nitrogens is 2. The number of rotatable bonds is 5. The number of likely N-dealkylation sites (tertiary alicyclic amines) is 1. The number of ketones is 1. The highest BCUT2D eigenvalue weighted by Gasteiger charge is 2.41. The van der Waals surface area contributed by atoms with Crippen molar-refractivity contribution in [1.82, 2.24) is 14.9 Å². The number of carbonyl (C=O) groups is 2. The van der Waals surface area contributed by atoms with Gasteiger partial charge in [-0.1, -0.05) is 12.1 Å². The van der Waals surface area contributed by atoms with E-state index in [-0.39, 0.29) is 11.9 Å². The molecule has 2 aromatic rings. The number of halogens is 1. The second kappa shape index (κ2) is 7.09. The largest absolute Gasteiger partial charge is 0.333 e. The fraction of sp³-hybridized carbons (Fsp3) is 0.368. The molecule has 0 spiro atoms. The van der Waals surface area contributed by atoms with Crippen LogP contribution in [0, 0.1) is 5.82 Å². The molecule has 0 saturated carbocycles. The third kappa shape index (κ3) is 3.73. The number of amides is 1. The molecular weight excluding hydrogens is 321 g/mol. The summed E-state index contributed by atoms with van der Waals surface area (Å²) in [5.41, 5.74) is 2.41. The fourth-order valence-electron chi connectivity index (χ4n) is 2.99. The van der Waals surface area contributed by atoms with E-state index in [1.165, 1.54) is 18.5 Å². The first-order chi connectivity index (χ1) is 12.0. The quantitative estimate of drug-likeness (QED) is 0.783. The average molecular weight is 341 g/mol. The molecule has 1 atom stereocenters. The first-order valence-corrected chi connectivity index (χ1v) is 8.35. The Hall–Kier alpha value is -2.63. The number of hydrogen-bond donors (Lipinski definition) is 0. The van der Waals surface area contributed by atoms with Crippen LogP contribution in [0.3, 0.4) is 0 Å². The first kappa shape index (κ1) is 17.2. The van der Waals surface area contributed by atoms with E-state index in [1.807, 2.05) is 13.8 Å². The van der Waals surface area contributed by atoms with Crippen LogP contribution in [0.25, 0.3) is 0 Å². The summed E-state index contributed by atoms with van der Waals surface area (Å²) in [6.07, 6.45) is 2.81. The zero-order valence-electron chi connectivity index (χ0n) is 14.3. The number of carbonyl (C=O) groups excluding carboxylic acids is 2. The van der Waals surface area contributed by atoms with Crippen LogP contribution in [0.4, 0.5) is 4.39 Å². The SMILES string of the molecule is CC(C)N1CC(c2cc(CCc3ccc(F)cc3)ncn2)C(=O)C1=O. The van der Waals surface area contributed by atoms with Crippen LogP contribution in [0.5, 0.6) is 0 Å². The fourth-order valence-corrected chi connectivity index (χ4v) is 2.99. The number of Topliss-reactive ketones (excluding diaryl/α,β-unsaturated/α-hetero) is 1. The molecule has 5 nitrogen and oxygen atoms in total. The van der Waals surface area contributed by atoms with Gasteiger partial charge in [0, 0.05) is 18.3 Å². The van der Waals surface area contributed by atoms with Gasteiger partial charge in [0.05, 0.1) is 11.6 Å². The van der Waals surface area contributed by atoms with Gasteiger partial charge in [0.25, 0.3) is 5.91 Å². The predicted molar refractivity (Wildman–Crippen MR) is 90.4 cm³/mol. The van der Waals surface area contributed by atoms with Crippen molar-refractivity contribution < 1.29 is 14.0 Å². The zero-order chi connectivity index (χ0) is 18.0. The Kier molecular flexibility index (Phi) is 4.88. The highest BCUT2D eigenvalue weighted by atomic mass is 19.1. The lowest BCUT2D eigenvalue weighted by molar-refractivity contribution is -0.141. The van der Waals surface area contributed by atoms with Crippen LogP contribution < -0.4 is 0 Å². The van der Waals surface area contributed by atoms with Gasteiger partial charge in [-0.25, -0.2) is 14.4 Å². The Morgan fingerprint density at radius 1 is 1.16 bits per heavy atom. The third-order valence-corrected chi connectivity index (χ3v) is 4.48. The lowest BCUT2D eigenvalue weighted by Crippen LogP contribution is -2.33.